The van der Waals surface area contributed by atoms with Crippen molar-refractivity contribution >= 4 is 34.0 Å². The maximum atomic E-state index is 12.4. The summed E-state index contributed by atoms with van der Waals surface area (Å²) >= 11 is 0. The normalized spacial score (nSPS) is 12.3. The van der Waals surface area contributed by atoms with Gasteiger partial charge in [0.15, 0.2) is 0 Å². The fourth-order valence-electron chi connectivity index (χ4n) is 4.07. The van der Waals surface area contributed by atoms with Crippen LogP contribution in [-0.4, -0.2) is 23.5 Å². The molecule has 0 aliphatic rings. The molecule has 0 aliphatic heterocycles. The number of ketones is 1. The average Bonchev–Trinajstić information content (AvgIpc) is 2.71. The van der Waals surface area contributed by atoms with Gasteiger partial charge >= 0.3 is 6.09 Å². The SMILES string of the molecule is CC(=O)CC(C)N(Cc1cccc(C)c1)c1ccc(NC(=O)OC(C)(C)C)c2ccccc12. The summed E-state index contributed by atoms with van der Waals surface area (Å²) in [4.78, 5) is 26.6. The number of carbonyl (C=O) groups excluding carboxylic acids is 2. The molecular formula is C28H34N2O3. The summed E-state index contributed by atoms with van der Waals surface area (Å²) in [5.74, 6) is 0.157. The summed E-state index contributed by atoms with van der Waals surface area (Å²) < 4.78 is 5.44. The number of amides is 1. The average molecular weight is 447 g/mol. The van der Waals surface area contributed by atoms with E-state index in [-0.39, 0.29) is 11.8 Å². The first-order chi connectivity index (χ1) is 15.5. The Morgan fingerprint density at radius 3 is 2.33 bits per heavy atom. The lowest BCUT2D eigenvalue weighted by molar-refractivity contribution is -0.117. The Labute approximate surface area is 196 Å². The summed E-state index contributed by atoms with van der Waals surface area (Å²) in [5.41, 5.74) is 3.53. The van der Waals surface area contributed by atoms with Gasteiger partial charge in [0.05, 0.1) is 5.69 Å². The van der Waals surface area contributed by atoms with E-state index in [4.69, 9.17) is 4.74 Å². The van der Waals surface area contributed by atoms with E-state index in [0.717, 1.165) is 16.5 Å². The van der Waals surface area contributed by atoms with Crippen molar-refractivity contribution in [3.63, 3.8) is 0 Å². The highest BCUT2D eigenvalue weighted by Crippen LogP contribution is 2.35. The number of rotatable bonds is 7. The first kappa shape index (κ1) is 24.3. The Kier molecular flexibility index (Phi) is 7.42. The van der Waals surface area contributed by atoms with Crippen LogP contribution in [0.15, 0.2) is 60.7 Å². The van der Waals surface area contributed by atoms with Crippen LogP contribution in [0, 0.1) is 6.92 Å². The second-order valence-corrected chi connectivity index (χ2v) is 9.68. The quantitative estimate of drug-likeness (QED) is 0.430. The van der Waals surface area contributed by atoms with Crippen LogP contribution in [0.1, 0.15) is 52.2 Å². The van der Waals surface area contributed by atoms with E-state index in [1.165, 1.54) is 11.1 Å². The zero-order valence-corrected chi connectivity index (χ0v) is 20.4. The van der Waals surface area contributed by atoms with Gasteiger partial charge in [-0.05, 0) is 59.2 Å². The van der Waals surface area contributed by atoms with Gasteiger partial charge in [-0.1, -0.05) is 54.1 Å². The molecule has 5 nitrogen and oxygen atoms in total. The highest BCUT2D eigenvalue weighted by Gasteiger charge is 2.21. The van der Waals surface area contributed by atoms with Crippen molar-refractivity contribution < 1.29 is 14.3 Å². The largest absolute Gasteiger partial charge is 0.444 e. The summed E-state index contributed by atoms with van der Waals surface area (Å²) in [6.07, 6.45) is -0.0279. The lowest BCUT2D eigenvalue weighted by Gasteiger charge is -2.33. The van der Waals surface area contributed by atoms with Crippen LogP contribution in [0.25, 0.3) is 10.8 Å². The summed E-state index contributed by atoms with van der Waals surface area (Å²) in [7, 11) is 0. The molecule has 0 saturated heterocycles. The van der Waals surface area contributed by atoms with E-state index >= 15 is 0 Å². The highest BCUT2D eigenvalue weighted by molar-refractivity contribution is 6.05. The number of carbonyl (C=O) groups is 2. The molecule has 5 heteroatoms. The van der Waals surface area contributed by atoms with Gasteiger partial charge in [-0.3, -0.25) is 10.1 Å². The first-order valence-electron chi connectivity index (χ1n) is 11.4. The smallest absolute Gasteiger partial charge is 0.412 e. The molecular weight excluding hydrogens is 412 g/mol. The van der Waals surface area contributed by atoms with E-state index in [0.29, 0.717) is 18.7 Å². The second kappa shape index (κ2) is 10.1. The van der Waals surface area contributed by atoms with Crippen LogP contribution < -0.4 is 10.2 Å². The number of ether oxygens (including phenoxy) is 1. The standard InChI is InChI=1S/C28H34N2O3/c1-19-10-9-11-22(16-19)18-30(20(2)17-21(3)31)26-15-14-25(23-12-7-8-13-24(23)26)29-27(32)33-28(4,5)6/h7-16,20H,17-18H2,1-6H3,(H,29,32). The van der Waals surface area contributed by atoms with Crippen LogP contribution in [0.5, 0.6) is 0 Å². The van der Waals surface area contributed by atoms with Crippen molar-refractivity contribution in [2.75, 3.05) is 10.2 Å². The molecule has 0 spiro atoms. The molecule has 0 heterocycles. The van der Waals surface area contributed by atoms with Gasteiger partial charge in [-0.2, -0.15) is 0 Å². The number of hydrogen-bond acceptors (Lipinski definition) is 4. The molecule has 3 aromatic carbocycles. The van der Waals surface area contributed by atoms with Crippen molar-refractivity contribution in [1.82, 2.24) is 0 Å². The molecule has 0 radical (unpaired) electrons. The van der Waals surface area contributed by atoms with Gasteiger partial charge in [-0.25, -0.2) is 4.79 Å². The molecule has 3 aromatic rings. The number of aryl methyl sites for hydroxylation is 1. The zero-order valence-electron chi connectivity index (χ0n) is 20.4. The predicted octanol–water partition coefficient (Wildman–Crippen LogP) is 6.87. The Morgan fingerprint density at radius 2 is 1.70 bits per heavy atom. The van der Waals surface area contributed by atoms with Crippen LogP contribution in [0.4, 0.5) is 16.2 Å². The Balaban J connectivity index is 2.04. The number of benzene rings is 3. The van der Waals surface area contributed by atoms with Gasteiger partial charge < -0.3 is 9.64 Å². The van der Waals surface area contributed by atoms with Crippen LogP contribution in [0.3, 0.4) is 0 Å². The van der Waals surface area contributed by atoms with Crippen molar-refractivity contribution in [1.29, 1.82) is 0 Å². The predicted molar refractivity (Wildman–Crippen MR) is 136 cm³/mol. The van der Waals surface area contributed by atoms with E-state index in [2.05, 4.69) is 54.4 Å². The summed E-state index contributed by atoms with van der Waals surface area (Å²) in [5, 5.41) is 4.82. The Morgan fingerprint density at radius 1 is 1.00 bits per heavy atom. The topological polar surface area (TPSA) is 58.6 Å². The zero-order chi connectivity index (χ0) is 24.2. The van der Waals surface area contributed by atoms with Crippen LogP contribution in [-0.2, 0) is 16.1 Å². The number of nitrogens with one attached hydrogen (secondary N) is 1. The molecule has 0 aromatic heterocycles. The van der Waals surface area contributed by atoms with E-state index in [1.807, 2.05) is 51.1 Å². The fraction of sp³-hybridized carbons (Fsp3) is 0.357. The van der Waals surface area contributed by atoms with Crippen LogP contribution in [0.2, 0.25) is 0 Å². The van der Waals surface area contributed by atoms with Crippen LogP contribution >= 0.6 is 0 Å². The second-order valence-electron chi connectivity index (χ2n) is 9.68. The van der Waals surface area contributed by atoms with E-state index in [9.17, 15) is 9.59 Å². The molecule has 33 heavy (non-hydrogen) atoms. The highest BCUT2D eigenvalue weighted by atomic mass is 16.6. The van der Waals surface area contributed by atoms with Gasteiger partial charge in [0.2, 0.25) is 0 Å². The molecule has 0 bridgehead atoms. The molecule has 1 unspecified atom stereocenters. The van der Waals surface area contributed by atoms with Gasteiger partial charge in [-0.15, -0.1) is 0 Å². The lowest BCUT2D eigenvalue weighted by atomic mass is 10.0. The lowest BCUT2D eigenvalue weighted by Crippen LogP contribution is -2.34. The third-order valence-electron chi connectivity index (χ3n) is 5.40. The van der Waals surface area contributed by atoms with E-state index in [1.54, 1.807) is 6.92 Å². The Bertz CT molecular complexity index is 1150. The number of hydrogen-bond donors (Lipinski definition) is 1. The number of fused-ring (bicyclic) bond motifs is 1. The van der Waals surface area contributed by atoms with Crippen molar-refractivity contribution in [3.05, 3.63) is 71.8 Å². The Hall–Kier alpha value is -3.34. The van der Waals surface area contributed by atoms with Gasteiger partial charge in [0.25, 0.3) is 0 Å². The molecule has 174 valence electrons. The molecule has 0 aliphatic carbocycles. The summed E-state index contributed by atoms with van der Waals surface area (Å²) in [6, 6.07) is 20.3. The minimum Gasteiger partial charge on any atom is -0.444 e. The molecule has 1 amide bonds. The number of nitrogens with zero attached hydrogens (tertiary/aromatic N) is 1. The molecule has 0 fully saturated rings. The van der Waals surface area contributed by atoms with Crippen molar-refractivity contribution in [2.24, 2.45) is 0 Å². The molecule has 1 atom stereocenters. The van der Waals surface area contributed by atoms with Gasteiger partial charge in [0.1, 0.15) is 11.4 Å². The minimum absolute atomic E-state index is 0.0103. The van der Waals surface area contributed by atoms with E-state index < -0.39 is 11.7 Å². The maximum Gasteiger partial charge on any atom is 0.412 e. The summed E-state index contributed by atoms with van der Waals surface area (Å²) in [6.45, 7) is 12.0. The first-order valence-corrected chi connectivity index (χ1v) is 11.4. The fourth-order valence-corrected chi connectivity index (χ4v) is 4.07. The molecule has 3 rings (SSSR count). The van der Waals surface area contributed by atoms with Crippen molar-refractivity contribution in [2.45, 2.75) is 66.2 Å². The maximum absolute atomic E-state index is 12.4. The molecule has 0 saturated carbocycles. The third kappa shape index (κ3) is 6.58. The van der Waals surface area contributed by atoms with Gasteiger partial charge in [0, 0.05) is 35.5 Å². The number of anilines is 2. The number of Topliss-reactive ketones (excluding diaryl/α,β-unsaturated/α-hetero) is 1. The molecule has 1 N–H and O–H groups in total. The minimum atomic E-state index is -0.577. The van der Waals surface area contributed by atoms with Crippen molar-refractivity contribution in [3.8, 4) is 0 Å². The third-order valence-corrected chi connectivity index (χ3v) is 5.40. The monoisotopic (exact) mass is 446 g/mol.